The maximum Gasteiger partial charge on any atom is 0.155 e. The summed E-state index contributed by atoms with van der Waals surface area (Å²) >= 11 is 0. The SMILES string of the molecule is Cc1cccc(CN(C)c2cccc(F)c2C=O)n1. The van der Waals surface area contributed by atoms with E-state index in [1.807, 2.05) is 37.1 Å². The number of halogens is 1. The van der Waals surface area contributed by atoms with E-state index in [9.17, 15) is 9.18 Å². The number of hydrogen-bond donors (Lipinski definition) is 0. The zero-order chi connectivity index (χ0) is 13.8. The summed E-state index contributed by atoms with van der Waals surface area (Å²) in [5.74, 6) is -0.503. The topological polar surface area (TPSA) is 33.2 Å². The molecule has 1 heterocycles. The van der Waals surface area contributed by atoms with Crippen LogP contribution in [0.5, 0.6) is 0 Å². The highest BCUT2D eigenvalue weighted by molar-refractivity contribution is 5.84. The minimum atomic E-state index is -0.503. The van der Waals surface area contributed by atoms with E-state index in [0.29, 0.717) is 18.5 Å². The second kappa shape index (κ2) is 5.61. The highest BCUT2D eigenvalue weighted by atomic mass is 19.1. The number of carbonyl (C=O) groups is 1. The largest absolute Gasteiger partial charge is 0.368 e. The number of benzene rings is 1. The number of hydrogen-bond acceptors (Lipinski definition) is 3. The fraction of sp³-hybridized carbons (Fsp3) is 0.200. The van der Waals surface area contributed by atoms with Crippen LogP contribution in [-0.2, 0) is 6.54 Å². The van der Waals surface area contributed by atoms with Crippen LogP contribution < -0.4 is 4.90 Å². The first-order valence-electron chi connectivity index (χ1n) is 5.99. The van der Waals surface area contributed by atoms with Gasteiger partial charge in [0.05, 0.1) is 23.5 Å². The Morgan fingerprint density at radius 2 is 2.00 bits per heavy atom. The second-order valence-electron chi connectivity index (χ2n) is 4.42. The summed E-state index contributed by atoms with van der Waals surface area (Å²) in [6.45, 7) is 2.44. The highest BCUT2D eigenvalue weighted by Gasteiger charge is 2.11. The maximum atomic E-state index is 13.5. The third kappa shape index (κ3) is 2.96. The molecule has 0 radical (unpaired) electrons. The molecule has 2 rings (SSSR count). The summed E-state index contributed by atoms with van der Waals surface area (Å²) in [6.07, 6.45) is 0.546. The van der Waals surface area contributed by atoms with Crippen molar-refractivity contribution in [1.29, 1.82) is 0 Å². The highest BCUT2D eigenvalue weighted by Crippen LogP contribution is 2.21. The molecule has 98 valence electrons. The summed E-state index contributed by atoms with van der Waals surface area (Å²) in [6, 6.07) is 10.4. The lowest BCUT2D eigenvalue weighted by Crippen LogP contribution is -2.19. The molecule has 0 saturated carbocycles. The van der Waals surface area contributed by atoms with Crippen LogP contribution in [0.2, 0.25) is 0 Å². The molecular formula is C15H15FN2O. The van der Waals surface area contributed by atoms with Gasteiger partial charge in [0.1, 0.15) is 5.82 Å². The third-order valence-corrected chi connectivity index (χ3v) is 2.90. The molecule has 0 N–H and O–H groups in total. The van der Waals surface area contributed by atoms with E-state index in [-0.39, 0.29) is 5.56 Å². The normalized spacial score (nSPS) is 10.3. The quantitative estimate of drug-likeness (QED) is 0.790. The number of aromatic nitrogens is 1. The van der Waals surface area contributed by atoms with E-state index < -0.39 is 5.82 Å². The van der Waals surface area contributed by atoms with E-state index in [4.69, 9.17) is 0 Å². The number of rotatable bonds is 4. The van der Waals surface area contributed by atoms with Gasteiger partial charge in [0.15, 0.2) is 6.29 Å². The van der Waals surface area contributed by atoms with Gasteiger partial charge in [-0.3, -0.25) is 9.78 Å². The van der Waals surface area contributed by atoms with E-state index >= 15 is 0 Å². The van der Waals surface area contributed by atoms with Crippen LogP contribution in [0.25, 0.3) is 0 Å². The van der Waals surface area contributed by atoms with Crippen LogP contribution in [0, 0.1) is 12.7 Å². The molecule has 0 atom stereocenters. The molecule has 0 amide bonds. The lowest BCUT2D eigenvalue weighted by molar-refractivity contribution is 0.112. The minimum Gasteiger partial charge on any atom is -0.368 e. The van der Waals surface area contributed by atoms with Gasteiger partial charge in [-0.25, -0.2) is 4.39 Å². The lowest BCUT2D eigenvalue weighted by Gasteiger charge is -2.20. The van der Waals surface area contributed by atoms with Crippen molar-refractivity contribution in [2.75, 3.05) is 11.9 Å². The van der Waals surface area contributed by atoms with Crippen LogP contribution in [0.15, 0.2) is 36.4 Å². The molecule has 2 aromatic rings. The van der Waals surface area contributed by atoms with Crippen LogP contribution in [0.1, 0.15) is 21.7 Å². The number of anilines is 1. The Morgan fingerprint density at radius 3 is 2.68 bits per heavy atom. The molecule has 19 heavy (non-hydrogen) atoms. The Bertz CT molecular complexity index is 598. The van der Waals surface area contributed by atoms with Gasteiger partial charge in [-0.15, -0.1) is 0 Å². The molecule has 3 nitrogen and oxygen atoms in total. The maximum absolute atomic E-state index is 13.5. The summed E-state index contributed by atoms with van der Waals surface area (Å²) in [5.41, 5.74) is 2.46. The zero-order valence-electron chi connectivity index (χ0n) is 10.9. The Labute approximate surface area is 111 Å². The van der Waals surface area contributed by atoms with Gasteiger partial charge < -0.3 is 4.90 Å². The Balaban J connectivity index is 2.27. The first kappa shape index (κ1) is 13.2. The molecule has 1 aromatic carbocycles. The van der Waals surface area contributed by atoms with E-state index in [1.165, 1.54) is 6.07 Å². The molecule has 1 aromatic heterocycles. The first-order valence-corrected chi connectivity index (χ1v) is 5.99. The van der Waals surface area contributed by atoms with Crippen molar-refractivity contribution in [2.24, 2.45) is 0 Å². The number of nitrogens with zero attached hydrogens (tertiary/aromatic N) is 2. The number of aryl methyl sites for hydroxylation is 1. The second-order valence-corrected chi connectivity index (χ2v) is 4.42. The number of carbonyl (C=O) groups excluding carboxylic acids is 1. The average Bonchev–Trinajstić information content (AvgIpc) is 2.38. The summed E-state index contributed by atoms with van der Waals surface area (Å²) < 4.78 is 13.5. The van der Waals surface area contributed by atoms with Crippen molar-refractivity contribution < 1.29 is 9.18 Å². The van der Waals surface area contributed by atoms with Crippen LogP contribution in [0.3, 0.4) is 0 Å². The minimum absolute atomic E-state index is 0.0812. The van der Waals surface area contributed by atoms with Gasteiger partial charge in [0.2, 0.25) is 0 Å². The predicted octanol–water partition coefficient (Wildman–Crippen LogP) is 2.98. The Kier molecular flexibility index (Phi) is 3.90. The fourth-order valence-corrected chi connectivity index (χ4v) is 1.99. The van der Waals surface area contributed by atoms with Gasteiger partial charge in [-0.05, 0) is 31.2 Å². The predicted molar refractivity (Wildman–Crippen MR) is 72.9 cm³/mol. The molecule has 0 aliphatic rings. The molecule has 0 unspecified atom stereocenters. The van der Waals surface area contributed by atoms with Gasteiger partial charge >= 0.3 is 0 Å². The monoisotopic (exact) mass is 258 g/mol. The Hall–Kier alpha value is -2.23. The zero-order valence-corrected chi connectivity index (χ0v) is 10.9. The molecule has 0 aliphatic heterocycles. The van der Waals surface area contributed by atoms with E-state index in [0.717, 1.165) is 11.4 Å². The number of aldehydes is 1. The van der Waals surface area contributed by atoms with Crippen molar-refractivity contribution in [1.82, 2.24) is 4.98 Å². The van der Waals surface area contributed by atoms with E-state index in [2.05, 4.69) is 4.98 Å². The van der Waals surface area contributed by atoms with Gasteiger partial charge in [0, 0.05) is 12.7 Å². The summed E-state index contributed by atoms with van der Waals surface area (Å²) in [7, 11) is 1.81. The van der Waals surface area contributed by atoms with Crippen molar-refractivity contribution in [3.8, 4) is 0 Å². The smallest absolute Gasteiger partial charge is 0.155 e. The van der Waals surface area contributed by atoms with Gasteiger partial charge in [-0.2, -0.15) is 0 Å². The number of pyridine rings is 1. The summed E-state index contributed by atoms with van der Waals surface area (Å²) in [5, 5.41) is 0. The van der Waals surface area contributed by atoms with Gasteiger partial charge in [0.25, 0.3) is 0 Å². The molecule has 0 aliphatic carbocycles. The van der Waals surface area contributed by atoms with Crippen molar-refractivity contribution >= 4 is 12.0 Å². The molecule has 4 heteroatoms. The average molecular weight is 258 g/mol. The van der Waals surface area contributed by atoms with Crippen LogP contribution in [0.4, 0.5) is 10.1 Å². The summed E-state index contributed by atoms with van der Waals surface area (Å²) in [4.78, 5) is 17.2. The standard InChI is InChI=1S/C15H15FN2O/c1-11-5-3-6-12(17-11)9-18(2)15-8-4-7-14(16)13(15)10-19/h3-8,10H,9H2,1-2H3. The molecule has 0 fully saturated rings. The molecular weight excluding hydrogens is 243 g/mol. The van der Waals surface area contributed by atoms with Crippen molar-refractivity contribution in [3.63, 3.8) is 0 Å². The fourth-order valence-electron chi connectivity index (χ4n) is 1.99. The molecule has 0 saturated heterocycles. The lowest BCUT2D eigenvalue weighted by atomic mass is 10.1. The van der Waals surface area contributed by atoms with Crippen LogP contribution >= 0.6 is 0 Å². The Morgan fingerprint density at radius 1 is 1.26 bits per heavy atom. The van der Waals surface area contributed by atoms with Crippen molar-refractivity contribution in [3.05, 3.63) is 59.2 Å². The van der Waals surface area contributed by atoms with Crippen LogP contribution in [-0.4, -0.2) is 18.3 Å². The third-order valence-electron chi connectivity index (χ3n) is 2.90. The first-order chi connectivity index (χ1) is 9.11. The van der Waals surface area contributed by atoms with Gasteiger partial charge in [-0.1, -0.05) is 12.1 Å². The molecule has 0 bridgehead atoms. The van der Waals surface area contributed by atoms with Crippen molar-refractivity contribution in [2.45, 2.75) is 13.5 Å². The van der Waals surface area contributed by atoms with E-state index in [1.54, 1.807) is 12.1 Å². The molecule has 0 spiro atoms.